The van der Waals surface area contributed by atoms with Crippen LogP contribution in [0, 0.1) is 10.1 Å². The van der Waals surface area contributed by atoms with Crippen LogP contribution in [0.25, 0.3) is 0 Å². The van der Waals surface area contributed by atoms with Crippen molar-refractivity contribution in [3.8, 4) is 0 Å². The normalized spacial score (nSPS) is 14.4. The number of anilines is 1. The Bertz CT molecular complexity index is 455. The molecule has 1 fully saturated rings. The summed E-state index contributed by atoms with van der Waals surface area (Å²) in [4.78, 5) is 23.5. The number of likely N-dealkylation sites (tertiary alicyclic amines) is 1. The van der Waals surface area contributed by atoms with Gasteiger partial charge in [-0.25, -0.2) is 0 Å². The summed E-state index contributed by atoms with van der Waals surface area (Å²) in [5, 5.41) is 10.7. The quantitative estimate of drug-likeness (QED) is 0.458. The van der Waals surface area contributed by atoms with E-state index in [0.717, 1.165) is 19.5 Å². The van der Waals surface area contributed by atoms with Crippen molar-refractivity contribution in [2.75, 3.05) is 18.8 Å². The number of nitrogens with zero attached hydrogens (tertiary/aromatic N) is 2. The third kappa shape index (κ3) is 1.69. The highest BCUT2D eigenvalue weighted by Gasteiger charge is 2.23. The first kappa shape index (κ1) is 10.4. The lowest BCUT2D eigenvalue weighted by Gasteiger charge is -2.30. The zero-order valence-electron chi connectivity index (χ0n) is 8.55. The van der Waals surface area contributed by atoms with Gasteiger partial charge in [0.2, 0.25) is 0 Å². The van der Waals surface area contributed by atoms with Crippen molar-refractivity contribution in [3.05, 3.63) is 33.9 Å². The minimum absolute atomic E-state index is 0.0742. The Labute approximate surface area is 91.8 Å². The summed E-state index contributed by atoms with van der Waals surface area (Å²) >= 11 is 0. The van der Waals surface area contributed by atoms with Crippen LogP contribution in [0.5, 0.6) is 0 Å². The van der Waals surface area contributed by atoms with Crippen molar-refractivity contribution < 1.29 is 9.72 Å². The van der Waals surface area contributed by atoms with Gasteiger partial charge in [0.05, 0.1) is 4.92 Å². The fourth-order valence-corrected chi connectivity index (χ4v) is 1.54. The Morgan fingerprint density at radius 2 is 2.12 bits per heavy atom. The first-order chi connectivity index (χ1) is 7.59. The first-order valence-corrected chi connectivity index (χ1v) is 4.93. The number of hydrogen-bond acceptors (Lipinski definition) is 4. The number of nitro benzene ring substituents is 1. The number of nitrogen functional groups attached to an aromatic ring is 1. The lowest BCUT2D eigenvalue weighted by Crippen LogP contribution is -2.42. The molecule has 84 valence electrons. The number of hydrogen-bond donors (Lipinski definition) is 1. The topological polar surface area (TPSA) is 89.5 Å². The van der Waals surface area contributed by atoms with Gasteiger partial charge in [0.1, 0.15) is 5.69 Å². The maximum Gasteiger partial charge on any atom is 0.292 e. The highest BCUT2D eigenvalue weighted by Crippen LogP contribution is 2.23. The minimum Gasteiger partial charge on any atom is -0.393 e. The fraction of sp³-hybridized carbons (Fsp3) is 0.300. The van der Waals surface area contributed by atoms with Gasteiger partial charge in [-0.1, -0.05) is 0 Å². The number of carbonyl (C=O) groups is 1. The second-order valence-corrected chi connectivity index (χ2v) is 3.68. The minimum atomic E-state index is -0.581. The van der Waals surface area contributed by atoms with Crippen molar-refractivity contribution in [2.45, 2.75) is 6.42 Å². The van der Waals surface area contributed by atoms with Crippen LogP contribution < -0.4 is 5.73 Å². The molecule has 0 bridgehead atoms. The van der Waals surface area contributed by atoms with Crippen LogP contribution in [-0.4, -0.2) is 28.8 Å². The van der Waals surface area contributed by atoms with Crippen LogP contribution >= 0.6 is 0 Å². The Balaban J connectivity index is 2.31. The molecule has 0 saturated carbocycles. The SMILES string of the molecule is Nc1ccc(C(=O)N2CCC2)cc1[N+](=O)[O-]. The van der Waals surface area contributed by atoms with Crippen molar-refractivity contribution in [3.63, 3.8) is 0 Å². The first-order valence-electron chi connectivity index (χ1n) is 4.93. The van der Waals surface area contributed by atoms with Crippen molar-refractivity contribution >= 4 is 17.3 Å². The Hall–Kier alpha value is -2.11. The molecule has 16 heavy (non-hydrogen) atoms. The van der Waals surface area contributed by atoms with E-state index in [1.54, 1.807) is 4.90 Å². The molecule has 0 atom stereocenters. The van der Waals surface area contributed by atoms with E-state index in [0.29, 0.717) is 5.56 Å². The molecular weight excluding hydrogens is 210 g/mol. The van der Waals surface area contributed by atoms with Crippen LogP contribution in [0.1, 0.15) is 16.8 Å². The van der Waals surface area contributed by atoms with Crippen molar-refractivity contribution in [1.29, 1.82) is 0 Å². The number of nitrogens with two attached hydrogens (primary N) is 1. The highest BCUT2D eigenvalue weighted by molar-refractivity contribution is 5.96. The van der Waals surface area contributed by atoms with Gasteiger partial charge in [-0.15, -0.1) is 0 Å². The molecule has 1 aromatic carbocycles. The maximum atomic E-state index is 11.8. The summed E-state index contributed by atoms with van der Waals surface area (Å²) in [5.74, 6) is -0.172. The van der Waals surface area contributed by atoms with Crippen LogP contribution in [0.2, 0.25) is 0 Å². The molecule has 2 rings (SSSR count). The molecular formula is C10H11N3O3. The van der Waals surface area contributed by atoms with E-state index in [-0.39, 0.29) is 17.3 Å². The number of amides is 1. The predicted molar refractivity (Wildman–Crippen MR) is 58.0 cm³/mol. The summed E-state index contributed by atoms with van der Waals surface area (Å²) in [5.41, 5.74) is 5.62. The van der Waals surface area contributed by atoms with E-state index in [4.69, 9.17) is 5.73 Å². The number of rotatable bonds is 2. The molecule has 0 unspecified atom stereocenters. The average Bonchev–Trinajstić information content (AvgIpc) is 2.15. The van der Waals surface area contributed by atoms with Crippen molar-refractivity contribution in [1.82, 2.24) is 4.90 Å². The summed E-state index contributed by atoms with van der Waals surface area (Å²) in [6, 6.07) is 4.14. The molecule has 1 amide bonds. The van der Waals surface area contributed by atoms with Gasteiger partial charge < -0.3 is 10.6 Å². The zero-order valence-corrected chi connectivity index (χ0v) is 8.55. The Morgan fingerprint density at radius 3 is 2.62 bits per heavy atom. The van der Waals surface area contributed by atoms with Crippen molar-refractivity contribution in [2.24, 2.45) is 0 Å². The Kier molecular flexibility index (Phi) is 2.47. The van der Waals surface area contributed by atoms with Gasteiger partial charge in [0, 0.05) is 24.7 Å². The van der Waals surface area contributed by atoms with E-state index in [1.165, 1.54) is 18.2 Å². The van der Waals surface area contributed by atoms with Crippen LogP contribution in [0.3, 0.4) is 0 Å². The largest absolute Gasteiger partial charge is 0.393 e. The standard InChI is InChI=1S/C10H11N3O3/c11-8-3-2-7(6-9(8)13(15)16)10(14)12-4-1-5-12/h2-3,6H,1,4-5,11H2. The second-order valence-electron chi connectivity index (χ2n) is 3.68. The van der Waals surface area contributed by atoms with E-state index < -0.39 is 4.92 Å². The highest BCUT2D eigenvalue weighted by atomic mass is 16.6. The predicted octanol–water partition coefficient (Wildman–Crippen LogP) is 1.02. The molecule has 1 aromatic rings. The molecule has 1 aliphatic heterocycles. The van der Waals surface area contributed by atoms with Gasteiger partial charge in [-0.3, -0.25) is 14.9 Å². The van der Waals surface area contributed by atoms with Crippen LogP contribution in [-0.2, 0) is 0 Å². The molecule has 1 saturated heterocycles. The average molecular weight is 221 g/mol. The molecule has 0 aromatic heterocycles. The van der Waals surface area contributed by atoms with E-state index in [1.807, 2.05) is 0 Å². The van der Waals surface area contributed by atoms with E-state index in [9.17, 15) is 14.9 Å². The molecule has 6 nitrogen and oxygen atoms in total. The molecule has 6 heteroatoms. The molecule has 1 heterocycles. The lowest BCUT2D eigenvalue weighted by molar-refractivity contribution is -0.383. The number of carbonyl (C=O) groups excluding carboxylic acids is 1. The molecule has 1 aliphatic rings. The number of nitro groups is 1. The third-order valence-electron chi connectivity index (χ3n) is 2.62. The monoisotopic (exact) mass is 221 g/mol. The van der Waals surface area contributed by atoms with Gasteiger partial charge in [0.25, 0.3) is 11.6 Å². The van der Waals surface area contributed by atoms with E-state index >= 15 is 0 Å². The summed E-state index contributed by atoms with van der Waals surface area (Å²) in [6.45, 7) is 1.44. The molecule has 0 spiro atoms. The van der Waals surface area contributed by atoms with Gasteiger partial charge in [-0.2, -0.15) is 0 Å². The summed E-state index contributed by atoms with van der Waals surface area (Å²) in [6.07, 6.45) is 0.989. The second kappa shape index (κ2) is 3.80. The molecule has 0 radical (unpaired) electrons. The smallest absolute Gasteiger partial charge is 0.292 e. The molecule has 2 N–H and O–H groups in total. The number of benzene rings is 1. The maximum absolute atomic E-state index is 11.8. The summed E-state index contributed by atoms with van der Waals surface area (Å²) in [7, 11) is 0. The summed E-state index contributed by atoms with van der Waals surface area (Å²) < 4.78 is 0. The van der Waals surface area contributed by atoms with Gasteiger partial charge in [0.15, 0.2) is 0 Å². The van der Waals surface area contributed by atoms with E-state index in [2.05, 4.69) is 0 Å². The van der Waals surface area contributed by atoms with Gasteiger partial charge in [-0.05, 0) is 18.6 Å². The van der Waals surface area contributed by atoms with Crippen LogP contribution in [0.15, 0.2) is 18.2 Å². The van der Waals surface area contributed by atoms with Gasteiger partial charge >= 0.3 is 0 Å². The fourth-order valence-electron chi connectivity index (χ4n) is 1.54. The van der Waals surface area contributed by atoms with Crippen LogP contribution in [0.4, 0.5) is 11.4 Å². The Morgan fingerprint density at radius 1 is 1.44 bits per heavy atom. The third-order valence-corrected chi connectivity index (χ3v) is 2.62. The zero-order chi connectivity index (χ0) is 11.7. The lowest BCUT2D eigenvalue weighted by atomic mass is 10.1. The molecule has 0 aliphatic carbocycles.